The molecule has 0 radical (unpaired) electrons. The van der Waals surface area contributed by atoms with Gasteiger partial charge in [0, 0.05) is 37.2 Å². The summed E-state index contributed by atoms with van der Waals surface area (Å²) in [6, 6.07) is 15.5. The summed E-state index contributed by atoms with van der Waals surface area (Å²) in [7, 11) is 3.25. The minimum absolute atomic E-state index is 0.125. The van der Waals surface area contributed by atoms with Crippen molar-refractivity contribution < 1.29 is 14.3 Å². The molecule has 1 atom stereocenters. The van der Waals surface area contributed by atoms with Gasteiger partial charge >= 0.3 is 0 Å². The Balaban J connectivity index is 1.63. The predicted octanol–water partition coefficient (Wildman–Crippen LogP) is 3.66. The highest BCUT2D eigenvalue weighted by Gasteiger charge is 2.09. The number of hydrogen-bond acceptors (Lipinski definition) is 7. The average Bonchev–Trinajstić information content (AvgIpc) is 2.78. The molecule has 3 rings (SSSR count). The molecule has 7 heteroatoms. The van der Waals surface area contributed by atoms with Gasteiger partial charge in [-0.1, -0.05) is 24.3 Å². The van der Waals surface area contributed by atoms with Crippen LogP contribution in [0.2, 0.25) is 0 Å². The number of rotatable bonds is 11. The van der Waals surface area contributed by atoms with Crippen LogP contribution in [0.4, 0.5) is 5.95 Å². The lowest BCUT2D eigenvalue weighted by Crippen LogP contribution is -2.20. The zero-order valence-corrected chi connectivity index (χ0v) is 18.8. The molecular weight excluding hydrogens is 404 g/mol. The van der Waals surface area contributed by atoms with E-state index in [0.717, 1.165) is 28.8 Å². The van der Waals surface area contributed by atoms with Crippen LogP contribution in [0.5, 0.6) is 11.5 Å². The number of benzene rings is 2. The summed E-state index contributed by atoms with van der Waals surface area (Å²) >= 11 is 0. The normalized spacial score (nSPS) is 11.6. The highest BCUT2D eigenvalue weighted by Crippen LogP contribution is 2.27. The van der Waals surface area contributed by atoms with Crippen molar-refractivity contribution in [2.75, 3.05) is 26.1 Å². The Morgan fingerprint density at radius 2 is 1.88 bits per heavy atom. The summed E-state index contributed by atoms with van der Waals surface area (Å²) in [5.74, 6) is 2.11. The number of methoxy groups -OCH3 is 2. The van der Waals surface area contributed by atoms with Crippen molar-refractivity contribution in [3.05, 3.63) is 65.9 Å². The minimum atomic E-state index is -0.125. The van der Waals surface area contributed by atoms with Crippen molar-refractivity contribution in [3.8, 4) is 22.8 Å². The first-order valence-electron chi connectivity index (χ1n) is 10.6. The van der Waals surface area contributed by atoms with Crippen molar-refractivity contribution in [1.82, 2.24) is 9.97 Å². The monoisotopic (exact) mass is 434 g/mol. The van der Waals surface area contributed by atoms with E-state index in [4.69, 9.17) is 15.2 Å². The van der Waals surface area contributed by atoms with Crippen molar-refractivity contribution in [2.45, 2.75) is 32.2 Å². The van der Waals surface area contributed by atoms with Crippen molar-refractivity contribution in [3.63, 3.8) is 0 Å². The van der Waals surface area contributed by atoms with Gasteiger partial charge in [0.15, 0.2) is 11.5 Å². The fraction of sp³-hybridized carbons (Fsp3) is 0.320. The van der Waals surface area contributed by atoms with E-state index in [1.54, 1.807) is 20.4 Å². The molecule has 1 aromatic heterocycles. The van der Waals surface area contributed by atoms with Gasteiger partial charge in [0.1, 0.15) is 5.78 Å². The summed E-state index contributed by atoms with van der Waals surface area (Å²) in [5, 5.41) is 3.28. The first-order valence-corrected chi connectivity index (χ1v) is 10.6. The quantitative estimate of drug-likeness (QED) is 0.475. The number of ether oxygens (including phenoxy) is 2. The second-order valence-electron chi connectivity index (χ2n) is 7.73. The van der Waals surface area contributed by atoms with E-state index in [1.807, 2.05) is 55.5 Å². The molecule has 0 bridgehead atoms. The molecule has 0 saturated carbocycles. The SMILES string of the molecule is COc1ccc(CCNc2nccc(-c3cccc(CC(=O)CC(C)N)c3)n2)cc1OC. The highest BCUT2D eigenvalue weighted by atomic mass is 16.5. The predicted molar refractivity (Wildman–Crippen MR) is 126 cm³/mol. The fourth-order valence-electron chi connectivity index (χ4n) is 3.46. The maximum absolute atomic E-state index is 12.1. The summed E-state index contributed by atoms with van der Waals surface area (Å²) in [6.07, 6.45) is 3.27. The van der Waals surface area contributed by atoms with Crippen LogP contribution >= 0.6 is 0 Å². The summed E-state index contributed by atoms with van der Waals surface area (Å²) < 4.78 is 10.6. The van der Waals surface area contributed by atoms with E-state index < -0.39 is 0 Å². The number of nitrogens with zero attached hydrogens (tertiary/aromatic N) is 2. The molecule has 3 aromatic rings. The van der Waals surface area contributed by atoms with Gasteiger partial charge in [-0.2, -0.15) is 0 Å². The molecular formula is C25H30N4O3. The van der Waals surface area contributed by atoms with E-state index in [1.165, 1.54) is 0 Å². The number of nitrogens with one attached hydrogen (secondary N) is 1. The van der Waals surface area contributed by atoms with Crippen LogP contribution in [0, 0.1) is 0 Å². The van der Waals surface area contributed by atoms with Gasteiger partial charge < -0.3 is 20.5 Å². The Bertz CT molecular complexity index is 1050. The maximum atomic E-state index is 12.1. The van der Waals surface area contributed by atoms with Crippen LogP contribution in [-0.4, -0.2) is 42.6 Å². The zero-order chi connectivity index (χ0) is 22.9. The number of carbonyl (C=O) groups is 1. The summed E-state index contributed by atoms with van der Waals surface area (Å²) in [4.78, 5) is 21.1. The van der Waals surface area contributed by atoms with Crippen molar-refractivity contribution in [2.24, 2.45) is 5.73 Å². The van der Waals surface area contributed by atoms with Gasteiger partial charge in [0.2, 0.25) is 5.95 Å². The Morgan fingerprint density at radius 1 is 1.06 bits per heavy atom. The van der Waals surface area contributed by atoms with Crippen LogP contribution in [0.3, 0.4) is 0 Å². The third-order valence-corrected chi connectivity index (χ3v) is 4.97. The van der Waals surface area contributed by atoms with Crippen LogP contribution in [0.15, 0.2) is 54.7 Å². The molecule has 0 aliphatic rings. The molecule has 1 unspecified atom stereocenters. The highest BCUT2D eigenvalue weighted by molar-refractivity contribution is 5.81. The molecule has 0 spiro atoms. The molecule has 32 heavy (non-hydrogen) atoms. The molecule has 7 nitrogen and oxygen atoms in total. The van der Waals surface area contributed by atoms with Crippen LogP contribution in [0.25, 0.3) is 11.3 Å². The van der Waals surface area contributed by atoms with E-state index >= 15 is 0 Å². The molecule has 0 aliphatic heterocycles. The van der Waals surface area contributed by atoms with Crippen LogP contribution in [0.1, 0.15) is 24.5 Å². The number of nitrogens with two attached hydrogens (primary N) is 1. The van der Waals surface area contributed by atoms with Crippen molar-refractivity contribution >= 4 is 11.7 Å². The molecule has 0 aliphatic carbocycles. The molecule has 2 aromatic carbocycles. The second kappa shape index (κ2) is 11.2. The largest absolute Gasteiger partial charge is 0.493 e. The molecule has 3 N–H and O–H groups in total. The summed E-state index contributed by atoms with van der Waals surface area (Å²) in [5.41, 5.74) is 9.55. The van der Waals surface area contributed by atoms with E-state index in [-0.39, 0.29) is 11.8 Å². The summed E-state index contributed by atoms with van der Waals surface area (Å²) in [6.45, 7) is 2.51. The lowest BCUT2D eigenvalue weighted by Gasteiger charge is -2.10. The minimum Gasteiger partial charge on any atom is -0.493 e. The second-order valence-corrected chi connectivity index (χ2v) is 7.73. The van der Waals surface area contributed by atoms with Gasteiger partial charge in [-0.3, -0.25) is 4.79 Å². The van der Waals surface area contributed by atoms with E-state index in [0.29, 0.717) is 36.8 Å². The number of carbonyl (C=O) groups excluding carboxylic acids is 1. The zero-order valence-electron chi connectivity index (χ0n) is 18.8. The van der Waals surface area contributed by atoms with Gasteiger partial charge in [0.05, 0.1) is 19.9 Å². The Kier molecular flexibility index (Phi) is 8.16. The first kappa shape index (κ1) is 23.2. The lowest BCUT2D eigenvalue weighted by atomic mass is 10.0. The van der Waals surface area contributed by atoms with Crippen molar-refractivity contribution in [1.29, 1.82) is 0 Å². The topological polar surface area (TPSA) is 99.4 Å². The Hall–Kier alpha value is -3.45. The maximum Gasteiger partial charge on any atom is 0.223 e. The third-order valence-electron chi connectivity index (χ3n) is 4.97. The van der Waals surface area contributed by atoms with Gasteiger partial charge in [-0.05, 0) is 48.7 Å². The standard InChI is InChI=1S/C25H30N4O3/c1-17(26)13-21(30)15-19-5-4-6-20(14-19)22-10-12-28-25(29-22)27-11-9-18-7-8-23(31-2)24(16-18)32-3/h4-8,10,12,14,16-17H,9,11,13,15,26H2,1-3H3,(H,27,28,29). The van der Waals surface area contributed by atoms with E-state index in [2.05, 4.69) is 15.3 Å². The van der Waals surface area contributed by atoms with Gasteiger partial charge in [-0.25, -0.2) is 9.97 Å². The lowest BCUT2D eigenvalue weighted by molar-refractivity contribution is -0.118. The number of Topliss-reactive ketones (excluding diaryl/α,β-unsaturated/α-hetero) is 1. The number of hydrogen-bond donors (Lipinski definition) is 2. The number of ketones is 1. The molecule has 0 saturated heterocycles. The molecule has 0 amide bonds. The third kappa shape index (κ3) is 6.52. The van der Waals surface area contributed by atoms with Crippen LogP contribution in [-0.2, 0) is 17.6 Å². The molecule has 0 fully saturated rings. The molecule has 168 valence electrons. The Morgan fingerprint density at radius 3 is 2.62 bits per heavy atom. The smallest absolute Gasteiger partial charge is 0.223 e. The number of anilines is 1. The first-order chi connectivity index (χ1) is 15.5. The van der Waals surface area contributed by atoms with E-state index in [9.17, 15) is 4.79 Å². The Labute approximate surface area is 189 Å². The van der Waals surface area contributed by atoms with Gasteiger partial charge in [0.25, 0.3) is 0 Å². The van der Waals surface area contributed by atoms with Crippen LogP contribution < -0.4 is 20.5 Å². The average molecular weight is 435 g/mol. The van der Waals surface area contributed by atoms with Gasteiger partial charge in [-0.15, -0.1) is 0 Å². The fourth-order valence-corrected chi connectivity index (χ4v) is 3.46. The molecule has 1 heterocycles. The number of aromatic nitrogens is 2.